The largest absolute Gasteiger partial charge is 0.493 e. The fourth-order valence-corrected chi connectivity index (χ4v) is 3.83. The highest BCUT2D eigenvalue weighted by Crippen LogP contribution is 2.31. The van der Waals surface area contributed by atoms with Crippen LogP contribution in [0, 0.1) is 0 Å². The van der Waals surface area contributed by atoms with Gasteiger partial charge < -0.3 is 19.7 Å². The van der Waals surface area contributed by atoms with Gasteiger partial charge in [-0.25, -0.2) is 0 Å². The van der Waals surface area contributed by atoms with Gasteiger partial charge in [0, 0.05) is 22.6 Å². The van der Waals surface area contributed by atoms with Gasteiger partial charge in [-0.15, -0.1) is 0 Å². The van der Waals surface area contributed by atoms with E-state index in [2.05, 4.69) is 5.32 Å². The third-order valence-corrected chi connectivity index (χ3v) is 5.39. The maximum Gasteiger partial charge on any atom is 0.288 e. The van der Waals surface area contributed by atoms with Crippen molar-refractivity contribution >= 4 is 23.4 Å². The van der Waals surface area contributed by atoms with Crippen molar-refractivity contribution in [3.63, 3.8) is 0 Å². The first-order valence-corrected chi connectivity index (χ1v) is 9.78. The molecule has 150 valence electrons. The van der Waals surface area contributed by atoms with Crippen molar-refractivity contribution in [1.29, 1.82) is 0 Å². The van der Waals surface area contributed by atoms with Gasteiger partial charge in [-0.2, -0.15) is 8.78 Å². The number of carbonyl (C=O) groups excluding carboxylic acids is 1. The van der Waals surface area contributed by atoms with E-state index < -0.39 is 5.76 Å². The molecule has 1 atom stereocenters. The minimum Gasteiger partial charge on any atom is -0.493 e. The van der Waals surface area contributed by atoms with Gasteiger partial charge in [-0.05, 0) is 42.0 Å². The lowest BCUT2D eigenvalue weighted by molar-refractivity contribution is -0.907. The number of hydrogen-bond donors (Lipinski definition) is 2. The average molecular weight is 409 g/mol. The van der Waals surface area contributed by atoms with Crippen LogP contribution in [0.25, 0.3) is 0 Å². The summed E-state index contributed by atoms with van der Waals surface area (Å²) in [6, 6.07) is 10.4. The Labute approximate surface area is 167 Å². The number of rotatable bonds is 7. The molecule has 0 saturated heterocycles. The molecule has 0 aliphatic carbocycles. The Morgan fingerprint density at radius 2 is 1.79 bits per heavy atom. The molecule has 5 nitrogen and oxygen atoms in total. The van der Waals surface area contributed by atoms with Crippen LogP contribution in [0.1, 0.15) is 11.1 Å². The lowest BCUT2D eigenvalue weighted by Gasteiger charge is -2.26. The fraction of sp³-hybridized carbons (Fsp3) is 0.350. The van der Waals surface area contributed by atoms with E-state index in [1.807, 2.05) is 12.1 Å². The van der Waals surface area contributed by atoms with E-state index in [1.54, 1.807) is 38.5 Å². The van der Waals surface area contributed by atoms with E-state index in [0.717, 1.165) is 35.7 Å². The van der Waals surface area contributed by atoms with Crippen LogP contribution >= 0.6 is 11.8 Å². The lowest BCUT2D eigenvalue weighted by atomic mass is 9.99. The summed E-state index contributed by atoms with van der Waals surface area (Å²) >= 11 is 0.484. The molecule has 0 bridgehead atoms. The van der Waals surface area contributed by atoms with Crippen LogP contribution in [0.4, 0.5) is 14.5 Å². The number of nitrogens with one attached hydrogen (secondary N) is 2. The van der Waals surface area contributed by atoms with Crippen LogP contribution < -0.4 is 19.7 Å². The van der Waals surface area contributed by atoms with Crippen molar-refractivity contribution in [3.05, 3.63) is 47.5 Å². The SMILES string of the molecule is COc1cc2c(cc1OC)C[NH+](CC(=O)Nc1ccc(SC(F)F)cc1)CC2. The highest BCUT2D eigenvalue weighted by molar-refractivity contribution is 7.99. The summed E-state index contributed by atoms with van der Waals surface area (Å²) < 4.78 is 35.4. The summed E-state index contributed by atoms with van der Waals surface area (Å²) in [7, 11) is 3.23. The summed E-state index contributed by atoms with van der Waals surface area (Å²) in [6.45, 7) is 1.91. The molecule has 3 rings (SSSR count). The molecular weight excluding hydrogens is 386 g/mol. The van der Waals surface area contributed by atoms with Crippen molar-refractivity contribution in [1.82, 2.24) is 0 Å². The molecule has 8 heteroatoms. The Bertz CT molecular complexity index is 831. The second-order valence-electron chi connectivity index (χ2n) is 6.53. The summed E-state index contributed by atoms with van der Waals surface area (Å²) in [5, 5.41) is 2.83. The van der Waals surface area contributed by atoms with E-state index in [0.29, 0.717) is 34.6 Å². The van der Waals surface area contributed by atoms with Crippen molar-refractivity contribution in [2.24, 2.45) is 0 Å². The number of alkyl halides is 2. The third kappa shape index (κ3) is 5.14. The average Bonchev–Trinajstić information content (AvgIpc) is 2.67. The van der Waals surface area contributed by atoms with E-state index >= 15 is 0 Å². The van der Waals surface area contributed by atoms with Gasteiger partial charge in [0.25, 0.3) is 11.7 Å². The molecule has 0 fully saturated rings. The molecular formula is C20H23F2N2O3S+. The maximum atomic E-state index is 12.4. The summed E-state index contributed by atoms with van der Waals surface area (Å²) in [5.41, 5.74) is 2.97. The van der Waals surface area contributed by atoms with Gasteiger partial charge >= 0.3 is 0 Å². The molecule has 1 heterocycles. The molecule has 0 saturated carbocycles. The molecule has 0 aromatic heterocycles. The van der Waals surface area contributed by atoms with Gasteiger partial charge in [0.05, 0.1) is 20.8 Å². The summed E-state index contributed by atoms with van der Waals surface area (Å²) in [6.07, 6.45) is 0.859. The van der Waals surface area contributed by atoms with Crippen molar-refractivity contribution in [2.75, 3.05) is 32.6 Å². The number of ether oxygens (including phenoxy) is 2. The Hall–Kier alpha value is -2.32. The lowest BCUT2D eigenvalue weighted by Crippen LogP contribution is -3.12. The first-order chi connectivity index (χ1) is 13.5. The third-order valence-electron chi connectivity index (χ3n) is 4.67. The van der Waals surface area contributed by atoms with Gasteiger partial charge in [-0.1, -0.05) is 11.8 Å². The molecule has 28 heavy (non-hydrogen) atoms. The van der Waals surface area contributed by atoms with Crippen LogP contribution in [-0.4, -0.2) is 39.0 Å². The Kier molecular flexibility index (Phi) is 6.74. The van der Waals surface area contributed by atoms with E-state index in [9.17, 15) is 13.6 Å². The highest BCUT2D eigenvalue weighted by Gasteiger charge is 2.24. The Morgan fingerprint density at radius 1 is 1.14 bits per heavy atom. The predicted molar refractivity (Wildman–Crippen MR) is 105 cm³/mol. The zero-order valence-corrected chi connectivity index (χ0v) is 16.6. The topological polar surface area (TPSA) is 52.0 Å². The standard InChI is InChI=1S/C20H22F2N2O3S/c1-26-17-9-13-7-8-24(11-14(13)10-18(17)27-2)12-19(25)23-15-3-5-16(6-4-15)28-20(21)22/h3-6,9-10,20H,7-8,11-12H2,1-2H3,(H,23,25)/p+1. The smallest absolute Gasteiger partial charge is 0.288 e. The number of benzene rings is 2. The van der Waals surface area contributed by atoms with Gasteiger partial charge in [0.2, 0.25) is 0 Å². The van der Waals surface area contributed by atoms with Gasteiger partial charge in [0.15, 0.2) is 18.0 Å². The van der Waals surface area contributed by atoms with E-state index in [4.69, 9.17) is 9.47 Å². The van der Waals surface area contributed by atoms with Crippen LogP contribution in [0.3, 0.4) is 0 Å². The first kappa shape index (κ1) is 20.4. The number of hydrogen-bond acceptors (Lipinski definition) is 4. The summed E-state index contributed by atoms with van der Waals surface area (Å²) in [5.74, 6) is -1.15. The van der Waals surface area contributed by atoms with Crippen molar-refractivity contribution < 1.29 is 27.9 Å². The number of quaternary nitrogens is 1. The Balaban J connectivity index is 1.58. The minimum atomic E-state index is -2.45. The fourth-order valence-electron chi connectivity index (χ4n) is 3.33. The molecule has 2 aromatic rings. The zero-order chi connectivity index (χ0) is 20.1. The molecule has 0 radical (unpaired) electrons. The second-order valence-corrected chi connectivity index (χ2v) is 7.59. The number of amides is 1. The second kappa shape index (κ2) is 9.25. The van der Waals surface area contributed by atoms with Crippen LogP contribution in [-0.2, 0) is 17.8 Å². The van der Waals surface area contributed by atoms with E-state index in [-0.39, 0.29) is 5.91 Å². The quantitative estimate of drug-likeness (QED) is 0.691. The molecule has 1 amide bonds. The first-order valence-electron chi connectivity index (χ1n) is 8.90. The van der Waals surface area contributed by atoms with Crippen LogP contribution in [0.5, 0.6) is 11.5 Å². The van der Waals surface area contributed by atoms with Crippen molar-refractivity contribution in [2.45, 2.75) is 23.6 Å². The number of anilines is 1. The normalized spacial score (nSPS) is 15.8. The number of thioether (sulfide) groups is 1. The van der Waals surface area contributed by atoms with Gasteiger partial charge in [0.1, 0.15) is 6.54 Å². The number of fused-ring (bicyclic) bond motifs is 1. The van der Waals surface area contributed by atoms with Crippen LogP contribution in [0.15, 0.2) is 41.3 Å². The summed E-state index contributed by atoms with van der Waals surface area (Å²) in [4.78, 5) is 14.0. The number of halogens is 2. The van der Waals surface area contributed by atoms with Gasteiger partial charge in [-0.3, -0.25) is 4.79 Å². The Morgan fingerprint density at radius 3 is 2.39 bits per heavy atom. The minimum absolute atomic E-state index is 0.104. The molecule has 1 aliphatic heterocycles. The number of carbonyl (C=O) groups is 1. The molecule has 0 spiro atoms. The molecule has 2 aromatic carbocycles. The maximum absolute atomic E-state index is 12.4. The van der Waals surface area contributed by atoms with Crippen molar-refractivity contribution in [3.8, 4) is 11.5 Å². The van der Waals surface area contributed by atoms with Crippen LogP contribution in [0.2, 0.25) is 0 Å². The molecule has 1 unspecified atom stereocenters. The highest BCUT2D eigenvalue weighted by atomic mass is 32.2. The molecule has 1 aliphatic rings. The van der Waals surface area contributed by atoms with E-state index in [1.165, 1.54) is 5.56 Å². The predicted octanol–water partition coefficient (Wildman–Crippen LogP) is 2.60. The number of methoxy groups -OCH3 is 2. The molecule has 2 N–H and O–H groups in total. The zero-order valence-electron chi connectivity index (χ0n) is 15.8. The monoisotopic (exact) mass is 409 g/mol.